The molecule has 0 aliphatic carbocycles. The molecule has 0 aliphatic rings. The maximum absolute atomic E-state index is 4.67. The molecule has 0 amide bonds. The van der Waals surface area contributed by atoms with Crippen LogP contribution in [0.3, 0.4) is 0 Å². The van der Waals surface area contributed by atoms with Gasteiger partial charge in [-0.05, 0) is 17.9 Å². The van der Waals surface area contributed by atoms with Gasteiger partial charge in [-0.25, -0.2) is 4.98 Å². The fraction of sp³-hybridized carbons (Fsp3) is 0.250. The Morgan fingerprint density at radius 1 is 0.909 bits per heavy atom. The van der Waals surface area contributed by atoms with Crippen LogP contribution >= 0.6 is 0 Å². The minimum atomic E-state index is 0.424. The number of hydrogen-bond acceptors (Lipinski definition) is 1. The number of rotatable bonds is 5. The number of aromatic nitrogens is 2. The van der Waals surface area contributed by atoms with Crippen molar-refractivity contribution in [1.29, 1.82) is 0 Å². The summed E-state index contributed by atoms with van der Waals surface area (Å²) in [4.78, 5) is 4.67. The summed E-state index contributed by atoms with van der Waals surface area (Å²) in [6, 6.07) is 21.2. The molecular formula is C20H22N2. The van der Waals surface area contributed by atoms with Gasteiger partial charge in [0.25, 0.3) is 0 Å². The van der Waals surface area contributed by atoms with Gasteiger partial charge >= 0.3 is 0 Å². The largest absolute Gasteiger partial charge is 0.330 e. The molecule has 1 aromatic heterocycles. The van der Waals surface area contributed by atoms with E-state index in [9.17, 15) is 0 Å². The molecule has 0 aliphatic heterocycles. The molecule has 2 nitrogen and oxygen atoms in total. The highest BCUT2D eigenvalue weighted by molar-refractivity contribution is 5.63. The molecule has 0 radical (unpaired) electrons. The second-order valence-corrected chi connectivity index (χ2v) is 5.93. The second kappa shape index (κ2) is 6.61. The maximum atomic E-state index is 4.67. The molecule has 0 atom stereocenters. The number of imidazole rings is 1. The normalized spacial score (nSPS) is 11.0. The zero-order valence-electron chi connectivity index (χ0n) is 13.2. The van der Waals surface area contributed by atoms with Gasteiger partial charge in [0.05, 0.1) is 17.7 Å². The van der Waals surface area contributed by atoms with E-state index in [2.05, 4.69) is 84.1 Å². The number of aryl methyl sites for hydroxylation is 2. The molecule has 0 saturated heterocycles. The predicted molar refractivity (Wildman–Crippen MR) is 91.9 cm³/mol. The highest BCUT2D eigenvalue weighted by Crippen LogP contribution is 2.28. The molecule has 1 heterocycles. The highest BCUT2D eigenvalue weighted by atomic mass is 15.1. The van der Waals surface area contributed by atoms with Gasteiger partial charge in [0.2, 0.25) is 0 Å². The van der Waals surface area contributed by atoms with Crippen molar-refractivity contribution in [3.63, 3.8) is 0 Å². The SMILES string of the molecule is CC(C)c1ncn(CCc2ccccc2)c1-c1ccccc1. The van der Waals surface area contributed by atoms with Crippen LogP contribution in [0.15, 0.2) is 67.0 Å². The van der Waals surface area contributed by atoms with Crippen molar-refractivity contribution < 1.29 is 0 Å². The molecular weight excluding hydrogens is 268 g/mol. The van der Waals surface area contributed by atoms with Crippen LogP contribution < -0.4 is 0 Å². The molecule has 3 aromatic rings. The minimum absolute atomic E-state index is 0.424. The lowest BCUT2D eigenvalue weighted by atomic mass is 10.0. The van der Waals surface area contributed by atoms with E-state index >= 15 is 0 Å². The van der Waals surface area contributed by atoms with Gasteiger partial charge in [0.15, 0.2) is 0 Å². The summed E-state index contributed by atoms with van der Waals surface area (Å²) in [6.07, 6.45) is 3.01. The van der Waals surface area contributed by atoms with E-state index in [0.717, 1.165) is 13.0 Å². The molecule has 22 heavy (non-hydrogen) atoms. The summed E-state index contributed by atoms with van der Waals surface area (Å²) in [5.41, 5.74) is 5.05. The van der Waals surface area contributed by atoms with E-state index in [1.54, 1.807) is 0 Å². The first-order chi connectivity index (χ1) is 10.8. The van der Waals surface area contributed by atoms with Gasteiger partial charge in [-0.2, -0.15) is 0 Å². The first kappa shape index (κ1) is 14.6. The summed E-state index contributed by atoms with van der Waals surface area (Å²) in [7, 11) is 0. The summed E-state index contributed by atoms with van der Waals surface area (Å²) in [5.74, 6) is 0.424. The van der Waals surface area contributed by atoms with Crippen molar-refractivity contribution in [2.45, 2.75) is 32.7 Å². The first-order valence-corrected chi connectivity index (χ1v) is 7.90. The summed E-state index contributed by atoms with van der Waals surface area (Å²) >= 11 is 0. The average Bonchev–Trinajstić information content (AvgIpc) is 2.99. The molecule has 0 bridgehead atoms. The van der Waals surface area contributed by atoms with Crippen LogP contribution in [0.2, 0.25) is 0 Å². The number of hydrogen-bond donors (Lipinski definition) is 0. The van der Waals surface area contributed by atoms with E-state index < -0.39 is 0 Å². The zero-order valence-corrected chi connectivity index (χ0v) is 13.2. The van der Waals surface area contributed by atoms with Crippen LogP contribution in [0.5, 0.6) is 0 Å². The Balaban J connectivity index is 1.91. The fourth-order valence-corrected chi connectivity index (χ4v) is 2.79. The number of benzene rings is 2. The molecule has 112 valence electrons. The quantitative estimate of drug-likeness (QED) is 0.652. The van der Waals surface area contributed by atoms with Crippen LogP contribution in [0.1, 0.15) is 31.0 Å². The molecule has 0 fully saturated rings. The molecule has 0 N–H and O–H groups in total. The van der Waals surface area contributed by atoms with Crippen LogP contribution in [0.4, 0.5) is 0 Å². The molecule has 2 aromatic carbocycles. The third-order valence-corrected chi connectivity index (χ3v) is 3.94. The smallest absolute Gasteiger partial charge is 0.0954 e. The lowest BCUT2D eigenvalue weighted by molar-refractivity contribution is 0.700. The van der Waals surface area contributed by atoms with Crippen LogP contribution in [-0.2, 0) is 13.0 Å². The van der Waals surface area contributed by atoms with Crippen molar-refractivity contribution in [3.05, 3.63) is 78.2 Å². The van der Waals surface area contributed by atoms with E-state index in [1.165, 1.54) is 22.5 Å². The van der Waals surface area contributed by atoms with Crippen molar-refractivity contribution >= 4 is 0 Å². The predicted octanol–water partition coefficient (Wildman–Crippen LogP) is 4.92. The van der Waals surface area contributed by atoms with Gasteiger partial charge < -0.3 is 4.57 Å². The molecule has 0 saturated carbocycles. The highest BCUT2D eigenvalue weighted by Gasteiger charge is 2.15. The third kappa shape index (κ3) is 3.11. The minimum Gasteiger partial charge on any atom is -0.330 e. The Hall–Kier alpha value is -2.35. The number of nitrogens with zero attached hydrogens (tertiary/aromatic N) is 2. The van der Waals surface area contributed by atoms with Gasteiger partial charge in [0.1, 0.15) is 0 Å². The molecule has 3 rings (SSSR count). The fourth-order valence-electron chi connectivity index (χ4n) is 2.79. The maximum Gasteiger partial charge on any atom is 0.0954 e. The topological polar surface area (TPSA) is 17.8 Å². The molecule has 0 spiro atoms. The summed E-state index contributed by atoms with van der Waals surface area (Å²) in [6.45, 7) is 5.36. The van der Waals surface area contributed by atoms with Gasteiger partial charge in [-0.1, -0.05) is 74.5 Å². The summed E-state index contributed by atoms with van der Waals surface area (Å²) in [5, 5.41) is 0. The lowest BCUT2D eigenvalue weighted by Crippen LogP contribution is -2.03. The second-order valence-electron chi connectivity index (χ2n) is 5.93. The first-order valence-electron chi connectivity index (χ1n) is 7.90. The Labute approximate surface area is 132 Å². The van der Waals surface area contributed by atoms with Crippen LogP contribution in [-0.4, -0.2) is 9.55 Å². The van der Waals surface area contributed by atoms with Gasteiger partial charge in [0, 0.05) is 12.1 Å². The van der Waals surface area contributed by atoms with Crippen molar-refractivity contribution in [2.75, 3.05) is 0 Å². The van der Waals surface area contributed by atoms with Crippen molar-refractivity contribution in [3.8, 4) is 11.3 Å². The van der Waals surface area contributed by atoms with Crippen molar-refractivity contribution in [1.82, 2.24) is 9.55 Å². The zero-order chi connectivity index (χ0) is 15.4. The van der Waals surface area contributed by atoms with E-state index in [1.807, 2.05) is 6.33 Å². The standard InChI is InChI=1S/C20H22N2/c1-16(2)19-20(18-11-7-4-8-12-18)22(15-21-19)14-13-17-9-5-3-6-10-17/h3-12,15-16H,13-14H2,1-2H3. The summed E-state index contributed by atoms with van der Waals surface area (Å²) < 4.78 is 2.29. The van der Waals surface area contributed by atoms with Crippen LogP contribution in [0, 0.1) is 0 Å². The Kier molecular flexibility index (Phi) is 4.38. The lowest BCUT2D eigenvalue weighted by Gasteiger charge is -2.12. The van der Waals surface area contributed by atoms with E-state index in [0.29, 0.717) is 5.92 Å². The van der Waals surface area contributed by atoms with Gasteiger partial charge in [-0.3, -0.25) is 0 Å². The average molecular weight is 290 g/mol. The molecule has 0 unspecified atom stereocenters. The van der Waals surface area contributed by atoms with Crippen molar-refractivity contribution in [2.24, 2.45) is 0 Å². The molecule has 2 heteroatoms. The van der Waals surface area contributed by atoms with Gasteiger partial charge in [-0.15, -0.1) is 0 Å². The Bertz CT molecular complexity index is 712. The van der Waals surface area contributed by atoms with Crippen LogP contribution in [0.25, 0.3) is 11.3 Å². The Morgan fingerprint density at radius 2 is 1.55 bits per heavy atom. The monoisotopic (exact) mass is 290 g/mol. The third-order valence-electron chi connectivity index (χ3n) is 3.94. The van der Waals surface area contributed by atoms with E-state index in [-0.39, 0.29) is 0 Å². The van der Waals surface area contributed by atoms with E-state index in [4.69, 9.17) is 0 Å². The Morgan fingerprint density at radius 3 is 2.18 bits per heavy atom.